The van der Waals surface area contributed by atoms with Gasteiger partial charge in [0.2, 0.25) is 5.91 Å². The summed E-state index contributed by atoms with van der Waals surface area (Å²) in [6.07, 6.45) is -2.45. The number of hydrogen-bond acceptors (Lipinski definition) is 4. The van der Waals surface area contributed by atoms with Crippen LogP contribution in [0.3, 0.4) is 0 Å². The summed E-state index contributed by atoms with van der Waals surface area (Å²) in [6.45, 7) is -2.77. The van der Waals surface area contributed by atoms with Gasteiger partial charge >= 0.3 is 0 Å². The number of benzene rings is 2. The Morgan fingerprint density at radius 3 is 2.56 bits per heavy atom. The van der Waals surface area contributed by atoms with Crippen LogP contribution in [0.15, 0.2) is 46.9 Å². The van der Waals surface area contributed by atoms with E-state index in [-0.39, 0.29) is 17.7 Å². The molecule has 0 aromatic heterocycles. The first-order valence-corrected chi connectivity index (χ1v) is 8.36. The SMILES string of the molecule is [2H]C([2H])(NC(=O)[C@@H](N)Cc1ccccc1)C([2H])([2H])c1cc(OC)c(Br)cc1OC. The Bertz CT molecular complexity index is 866. The molecule has 0 aliphatic heterocycles. The topological polar surface area (TPSA) is 73.6 Å². The fourth-order valence-electron chi connectivity index (χ4n) is 2.17. The average molecular weight is 411 g/mol. The number of amides is 1. The molecule has 0 fully saturated rings. The number of nitrogens with one attached hydrogen (secondary N) is 1. The molecule has 2 aromatic carbocycles. The third kappa shape index (κ3) is 5.47. The molecule has 0 heterocycles. The van der Waals surface area contributed by atoms with Gasteiger partial charge in [-0.25, -0.2) is 0 Å². The van der Waals surface area contributed by atoms with Crippen LogP contribution in [0.5, 0.6) is 11.5 Å². The highest BCUT2D eigenvalue weighted by atomic mass is 79.9. The van der Waals surface area contributed by atoms with Crippen LogP contribution in [0.25, 0.3) is 0 Å². The van der Waals surface area contributed by atoms with Crippen LogP contribution in [0.4, 0.5) is 0 Å². The van der Waals surface area contributed by atoms with Gasteiger partial charge < -0.3 is 20.5 Å². The van der Waals surface area contributed by atoms with E-state index in [4.69, 9.17) is 20.7 Å². The van der Waals surface area contributed by atoms with E-state index in [9.17, 15) is 4.79 Å². The van der Waals surface area contributed by atoms with Crippen molar-refractivity contribution in [2.24, 2.45) is 5.73 Å². The largest absolute Gasteiger partial charge is 0.496 e. The molecule has 0 saturated carbocycles. The highest BCUT2D eigenvalue weighted by Crippen LogP contribution is 2.32. The minimum Gasteiger partial charge on any atom is -0.496 e. The number of nitrogens with two attached hydrogens (primary N) is 1. The lowest BCUT2D eigenvalue weighted by molar-refractivity contribution is -0.122. The number of ether oxygens (including phenoxy) is 2. The number of carbonyl (C=O) groups is 1. The van der Waals surface area contributed by atoms with E-state index < -0.39 is 24.8 Å². The second-order valence-electron chi connectivity index (χ2n) is 5.22. The lowest BCUT2D eigenvalue weighted by atomic mass is 10.1. The molecule has 2 rings (SSSR count). The molecule has 1 amide bonds. The van der Waals surface area contributed by atoms with Gasteiger partial charge in [-0.05, 0) is 52.0 Å². The van der Waals surface area contributed by atoms with E-state index >= 15 is 0 Å². The van der Waals surface area contributed by atoms with Gasteiger partial charge in [0.1, 0.15) is 11.5 Å². The third-order valence-electron chi connectivity index (χ3n) is 3.49. The van der Waals surface area contributed by atoms with E-state index in [0.717, 1.165) is 5.56 Å². The predicted octanol–water partition coefficient (Wildman–Crippen LogP) is 2.70. The molecule has 0 radical (unpaired) electrons. The Hall–Kier alpha value is -2.05. The van der Waals surface area contributed by atoms with Crippen LogP contribution < -0.4 is 20.5 Å². The highest BCUT2D eigenvalue weighted by Gasteiger charge is 2.14. The second kappa shape index (κ2) is 9.44. The molecule has 0 unspecified atom stereocenters. The van der Waals surface area contributed by atoms with Crippen molar-refractivity contribution in [2.75, 3.05) is 20.7 Å². The maximum Gasteiger partial charge on any atom is 0.237 e. The van der Waals surface area contributed by atoms with Gasteiger partial charge in [-0.15, -0.1) is 0 Å². The fourth-order valence-corrected chi connectivity index (χ4v) is 2.66. The van der Waals surface area contributed by atoms with Gasteiger partial charge in [-0.2, -0.15) is 0 Å². The zero-order chi connectivity index (χ0) is 21.8. The maximum absolute atomic E-state index is 12.5. The molecular weight excluding hydrogens is 384 g/mol. The highest BCUT2D eigenvalue weighted by molar-refractivity contribution is 9.10. The van der Waals surface area contributed by atoms with E-state index in [1.165, 1.54) is 26.4 Å². The number of methoxy groups -OCH3 is 2. The van der Waals surface area contributed by atoms with Gasteiger partial charge in [0.15, 0.2) is 0 Å². The summed E-state index contributed by atoms with van der Waals surface area (Å²) < 4.78 is 44.1. The zero-order valence-electron chi connectivity index (χ0n) is 18.0. The van der Waals surface area contributed by atoms with E-state index in [1.54, 1.807) is 12.1 Å². The molecule has 1 atom stereocenters. The van der Waals surface area contributed by atoms with Crippen molar-refractivity contribution in [3.8, 4) is 11.5 Å². The van der Waals surface area contributed by atoms with Crippen LogP contribution in [-0.4, -0.2) is 32.7 Å². The molecule has 134 valence electrons. The molecule has 2 aromatic rings. The Morgan fingerprint density at radius 1 is 1.24 bits per heavy atom. The summed E-state index contributed by atoms with van der Waals surface area (Å²) in [5.41, 5.74) is 6.62. The first kappa shape index (κ1) is 14.2. The maximum atomic E-state index is 12.5. The minimum atomic E-state index is -2.77. The number of rotatable bonds is 8. The van der Waals surface area contributed by atoms with Crippen molar-refractivity contribution in [2.45, 2.75) is 18.8 Å². The first-order valence-electron chi connectivity index (χ1n) is 9.57. The van der Waals surface area contributed by atoms with Crippen LogP contribution in [0, 0.1) is 0 Å². The number of halogens is 1. The Balaban J connectivity index is 2.27. The van der Waals surface area contributed by atoms with Crippen molar-refractivity contribution in [1.82, 2.24) is 5.32 Å². The lowest BCUT2D eigenvalue weighted by Crippen LogP contribution is -2.42. The standard InChI is InChI=1S/C19H23BrN2O3/c1-24-17-12-15(20)18(25-2)11-14(17)8-9-22-19(23)16(21)10-13-6-4-3-5-7-13/h3-7,11-12,16H,8-10,21H2,1-2H3,(H,22,23)/t16-/m0/s1/i8D2,9D2. The van der Waals surface area contributed by atoms with Crippen molar-refractivity contribution in [3.63, 3.8) is 0 Å². The molecule has 6 heteroatoms. The molecule has 0 spiro atoms. The summed E-state index contributed by atoms with van der Waals surface area (Å²) >= 11 is 3.28. The predicted molar refractivity (Wildman–Crippen MR) is 102 cm³/mol. The molecule has 0 saturated heterocycles. The van der Waals surface area contributed by atoms with Gasteiger partial charge in [0.25, 0.3) is 0 Å². The van der Waals surface area contributed by atoms with Gasteiger partial charge in [0.05, 0.1) is 24.7 Å². The summed E-state index contributed by atoms with van der Waals surface area (Å²) in [5, 5.41) is 2.10. The quantitative estimate of drug-likeness (QED) is 0.701. The van der Waals surface area contributed by atoms with E-state index in [0.29, 0.717) is 10.2 Å². The normalized spacial score (nSPS) is 15.2. The molecule has 5 nitrogen and oxygen atoms in total. The number of carbonyl (C=O) groups excluding carboxylic acids is 1. The van der Waals surface area contributed by atoms with E-state index in [2.05, 4.69) is 21.2 Å². The van der Waals surface area contributed by atoms with Crippen molar-refractivity contribution < 1.29 is 19.8 Å². The third-order valence-corrected chi connectivity index (χ3v) is 4.11. The fraction of sp³-hybridized carbons (Fsp3) is 0.316. The Kier molecular flexibility index (Phi) is 5.34. The summed E-state index contributed by atoms with van der Waals surface area (Å²) in [4.78, 5) is 12.5. The number of aryl methyl sites for hydroxylation is 1. The van der Waals surface area contributed by atoms with Gasteiger partial charge in [0, 0.05) is 12.0 Å². The molecule has 0 aliphatic carbocycles. The Labute approximate surface area is 162 Å². The summed E-state index contributed by atoms with van der Waals surface area (Å²) in [5.74, 6) is -0.396. The molecule has 0 bridgehead atoms. The summed E-state index contributed by atoms with van der Waals surface area (Å²) in [7, 11) is 2.75. The molecule has 0 aliphatic rings. The van der Waals surface area contributed by atoms with Gasteiger partial charge in [-0.1, -0.05) is 30.3 Å². The smallest absolute Gasteiger partial charge is 0.237 e. The van der Waals surface area contributed by atoms with Crippen molar-refractivity contribution in [1.29, 1.82) is 0 Å². The van der Waals surface area contributed by atoms with Crippen LogP contribution >= 0.6 is 15.9 Å². The zero-order valence-corrected chi connectivity index (χ0v) is 15.6. The van der Waals surface area contributed by atoms with Crippen LogP contribution in [-0.2, 0) is 17.6 Å². The lowest BCUT2D eigenvalue weighted by Gasteiger charge is -2.14. The first-order chi connectivity index (χ1) is 13.5. The van der Waals surface area contributed by atoms with Crippen LogP contribution in [0.2, 0.25) is 0 Å². The second-order valence-corrected chi connectivity index (χ2v) is 6.08. The minimum absolute atomic E-state index is 0.106. The van der Waals surface area contributed by atoms with E-state index in [1.807, 2.05) is 18.2 Å². The Morgan fingerprint density at radius 2 is 1.92 bits per heavy atom. The van der Waals surface area contributed by atoms with Gasteiger partial charge in [-0.3, -0.25) is 4.79 Å². The molecule has 25 heavy (non-hydrogen) atoms. The van der Waals surface area contributed by atoms with Crippen LogP contribution in [0.1, 0.15) is 16.6 Å². The monoisotopic (exact) mass is 410 g/mol. The number of hydrogen-bond donors (Lipinski definition) is 2. The average Bonchev–Trinajstić information content (AvgIpc) is 2.67. The van der Waals surface area contributed by atoms with Crippen molar-refractivity contribution in [3.05, 3.63) is 58.1 Å². The van der Waals surface area contributed by atoms with Crippen molar-refractivity contribution >= 4 is 21.8 Å². The summed E-state index contributed by atoms with van der Waals surface area (Å²) in [6, 6.07) is 10.8. The molecule has 3 N–H and O–H groups in total. The molecular formula is C19H23BrN2O3.